The van der Waals surface area contributed by atoms with E-state index in [0.717, 1.165) is 25.7 Å². The number of hydrogen-bond donors (Lipinski definition) is 4. The lowest BCUT2D eigenvalue weighted by atomic mass is 9.58. The molecule has 0 aromatic heterocycles. The molecule has 2 aliphatic heterocycles. The minimum Gasteiger partial charge on any atom is -0.368 e. The summed E-state index contributed by atoms with van der Waals surface area (Å²) in [7, 11) is 0. The first-order valence-electron chi connectivity index (χ1n) is 9.23. The summed E-state index contributed by atoms with van der Waals surface area (Å²) in [6.45, 7) is 4.30. The summed E-state index contributed by atoms with van der Waals surface area (Å²) >= 11 is 0. The average Bonchev–Trinajstić information content (AvgIpc) is 2.44. The molecule has 2 saturated heterocycles. The first-order chi connectivity index (χ1) is 11.2. The Kier molecular flexibility index (Phi) is 5.27. The van der Waals surface area contributed by atoms with Gasteiger partial charge in [-0.15, -0.1) is 0 Å². The molecule has 6 nitrogen and oxygen atoms in total. The second-order valence-corrected chi connectivity index (χ2v) is 8.76. The van der Waals surface area contributed by atoms with E-state index in [0.29, 0.717) is 37.5 Å². The van der Waals surface area contributed by atoms with Crippen LogP contribution in [0.5, 0.6) is 0 Å². The van der Waals surface area contributed by atoms with Crippen LogP contribution in [0.4, 0.5) is 0 Å². The van der Waals surface area contributed by atoms with Crippen molar-refractivity contribution in [2.24, 2.45) is 22.7 Å². The Hall–Kier alpha value is -0.240. The van der Waals surface area contributed by atoms with E-state index in [-0.39, 0.29) is 10.8 Å². The minimum atomic E-state index is -0.880. The number of rotatable bonds is 2. The first-order valence-corrected chi connectivity index (χ1v) is 9.23. The topological polar surface area (TPSA) is 99.4 Å². The highest BCUT2D eigenvalue weighted by atomic mass is 16.7. The lowest BCUT2D eigenvalue weighted by Crippen LogP contribution is -2.47. The molecule has 0 spiro atoms. The Bertz CT molecular complexity index is 373. The van der Waals surface area contributed by atoms with Gasteiger partial charge < -0.3 is 29.9 Å². The molecule has 24 heavy (non-hydrogen) atoms. The van der Waals surface area contributed by atoms with Crippen LogP contribution in [0.3, 0.4) is 0 Å². The number of ether oxygens (including phenoxy) is 2. The van der Waals surface area contributed by atoms with Crippen LogP contribution in [0.15, 0.2) is 0 Å². The molecule has 4 unspecified atom stereocenters. The first kappa shape index (κ1) is 18.5. The average molecular weight is 344 g/mol. The Morgan fingerprint density at radius 2 is 0.833 bits per heavy atom. The maximum Gasteiger partial charge on any atom is 0.158 e. The van der Waals surface area contributed by atoms with Crippen molar-refractivity contribution >= 4 is 0 Å². The van der Waals surface area contributed by atoms with Gasteiger partial charge in [-0.25, -0.2) is 0 Å². The van der Waals surface area contributed by atoms with E-state index >= 15 is 0 Å². The molecule has 0 aromatic rings. The smallest absolute Gasteiger partial charge is 0.158 e. The predicted octanol–water partition coefficient (Wildman–Crippen LogP) is 1.70. The fourth-order valence-electron chi connectivity index (χ4n) is 5.47. The molecule has 0 amide bonds. The molecule has 0 aromatic carbocycles. The van der Waals surface area contributed by atoms with Crippen LogP contribution in [0, 0.1) is 22.7 Å². The molecule has 140 valence electrons. The summed E-state index contributed by atoms with van der Waals surface area (Å²) in [5.74, 6) is 0.917. The summed E-state index contributed by atoms with van der Waals surface area (Å²) in [6, 6.07) is 0. The lowest BCUT2D eigenvalue weighted by molar-refractivity contribution is -0.273. The van der Waals surface area contributed by atoms with Gasteiger partial charge in [0.1, 0.15) is 0 Å². The summed E-state index contributed by atoms with van der Waals surface area (Å²) in [5.41, 5.74) is -0.199. The maximum atomic E-state index is 9.85. The molecular formula is C18H32O6. The van der Waals surface area contributed by atoms with Gasteiger partial charge in [-0.05, 0) is 48.3 Å². The van der Waals surface area contributed by atoms with E-state index in [1.807, 2.05) is 0 Å². The van der Waals surface area contributed by atoms with Crippen molar-refractivity contribution in [3.05, 3.63) is 0 Å². The Morgan fingerprint density at radius 1 is 0.583 bits per heavy atom. The standard InChI is InChI=1S/C18H32O6/c1-17(7-13(19)23-14(20)8-17)11-3-5-12(6-4-11)18(2)9-15(21)24-16(22)10-18/h11-16,19-22H,3-10H2,1-2H3. The van der Waals surface area contributed by atoms with E-state index in [9.17, 15) is 20.4 Å². The van der Waals surface area contributed by atoms with Crippen molar-refractivity contribution in [2.45, 2.75) is 90.4 Å². The third-order valence-electron chi connectivity index (χ3n) is 6.89. The van der Waals surface area contributed by atoms with Crippen LogP contribution in [-0.4, -0.2) is 45.6 Å². The van der Waals surface area contributed by atoms with Gasteiger partial charge in [-0.2, -0.15) is 0 Å². The van der Waals surface area contributed by atoms with Crippen molar-refractivity contribution in [3.8, 4) is 0 Å². The highest BCUT2D eigenvalue weighted by molar-refractivity contribution is 4.94. The molecular weight excluding hydrogens is 312 g/mol. The van der Waals surface area contributed by atoms with Gasteiger partial charge in [0.15, 0.2) is 25.2 Å². The molecule has 1 saturated carbocycles. The molecule has 3 aliphatic rings. The molecule has 0 bridgehead atoms. The third kappa shape index (κ3) is 3.79. The van der Waals surface area contributed by atoms with Gasteiger partial charge in [0.25, 0.3) is 0 Å². The van der Waals surface area contributed by atoms with Crippen LogP contribution in [-0.2, 0) is 9.47 Å². The second-order valence-electron chi connectivity index (χ2n) is 8.76. The molecule has 2 heterocycles. The van der Waals surface area contributed by atoms with E-state index in [2.05, 4.69) is 13.8 Å². The van der Waals surface area contributed by atoms with Crippen LogP contribution in [0.1, 0.15) is 65.2 Å². The van der Waals surface area contributed by atoms with Crippen molar-refractivity contribution in [3.63, 3.8) is 0 Å². The summed E-state index contributed by atoms with van der Waals surface area (Å²) < 4.78 is 10.1. The van der Waals surface area contributed by atoms with E-state index in [1.165, 1.54) is 0 Å². The molecule has 1 aliphatic carbocycles. The normalized spacial score (nSPS) is 53.8. The van der Waals surface area contributed by atoms with Crippen molar-refractivity contribution in [1.29, 1.82) is 0 Å². The Morgan fingerprint density at radius 3 is 1.08 bits per heavy atom. The summed E-state index contributed by atoms with van der Waals surface area (Å²) in [5, 5.41) is 39.4. The molecule has 4 N–H and O–H groups in total. The highest BCUT2D eigenvalue weighted by Gasteiger charge is 2.47. The van der Waals surface area contributed by atoms with Gasteiger partial charge in [-0.3, -0.25) is 0 Å². The Balaban J connectivity index is 1.61. The number of aliphatic hydroxyl groups excluding tert-OH is 4. The van der Waals surface area contributed by atoms with Gasteiger partial charge >= 0.3 is 0 Å². The van der Waals surface area contributed by atoms with Crippen LogP contribution in [0.25, 0.3) is 0 Å². The third-order valence-corrected chi connectivity index (χ3v) is 6.89. The van der Waals surface area contributed by atoms with E-state index < -0.39 is 25.2 Å². The summed E-state index contributed by atoms with van der Waals surface area (Å²) in [6.07, 6.45) is 2.95. The zero-order valence-electron chi connectivity index (χ0n) is 14.7. The largest absolute Gasteiger partial charge is 0.368 e. The zero-order chi connectivity index (χ0) is 17.5. The fraction of sp³-hybridized carbons (Fsp3) is 1.00. The summed E-state index contributed by atoms with van der Waals surface area (Å²) in [4.78, 5) is 0. The van der Waals surface area contributed by atoms with Gasteiger partial charge in [-0.1, -0.05) is 13.8 Å². The molecule has 6 heteroatoms. The van der Waals surface area contributed by atoms with Crippen LogP contribution >= 0.6 is 0 Å². The molecule has 4 atom stereocenters. The quantitative estimate of drug-likeness (QED) is 0.608. The van der Waals surface area contributed by atoms with Gasteiger partial charge in [0.2, 0.25) is 0 Å². The highest BCUT2D eigenvalue weighted by Crippen LogP contribution is 2.53. The SMILES string of the molecule is CC1(C2CCC(C3(C)CC(O)OC(O)C3)CC2)CC(O)OC(O)C1. The van der Waals surface area contributed by atoms with Crippen LogP contribution in [0.2, 0.25) is 0 Å². The molecule has 3 rings (SSSR count). The van der Waals surface area contributed by atoms with Crippen molar-refractivity contribution < 1.29 is 29.9 Å². The number of aliphatic hydroxyl groups is 4. The number of hydrogen-bond acceptors (Lipinski definition) is 6. The lowest BCUT2D eigenvalue weighted by Gasteiger charge is -2.50. The van der Waals surface area contributed by atoms with Crippen LogP contribution < -0.4 is 0 Å². The maximum absolute atomic E-state index is 9.85. The van der Waals surface area contributed by atoms with Gasteiger partial charge in [0, 0.05) is 25.7 Å². The zero-order valence-corrected chi connectivity index (χ0v) is 14.7. The second kappa shape index (κ2) is 6.82. The monoisotopic (exact) mass is 344 g/mol. The fourth-order valence-corrected chi connectivity index (χ4v) is 5.47. The minimum absolute atomic E-state index is 0.0995. The van der Waals surface area contributed by atoms with E-state index in [1.54, 1.807) is 0 Å². The van der Waals surface area contributed by atoms with Crippen molar-refractivity contribution in [2.75, 3.05) is 0 Å². The van der Waals surface area contributed by atoms with E-state index in [4.69, 9.17) is 9.47 Å². The van der Waals surface area contributed by atoms with Gasteiger partial charge in [0.05, 0.1) is 0 Å². The molecule has 0 radical (unpaired) electrons. The molecule has 3 fully saturated rings. The van der Waals surface area contributed by atoms with Crippen molar-refractivity contribution in [1.82, 2.24) is 0 Å². The predicted molar refractivity (Wildman–Crippen MR) is 86.3 cm³/mol. The Labute approximate surface area is 143 Å².